The van der Waals surface area contributed by atoms with Crippen LogP contribution in [0.4, 0.5) is 5.00 Å². The fourth-order valence-corrected chi connectivity index (χ4v) is 5.40. The van der Waals surface area contributed by atoms with Crippen LogP contribution in [-0.2, 0) is 0 Å². The van der Waals surface area contributed by atoms with Crippen molar-refractivity contribution in [3.05, 3.63) is 70.0 Å². The van der Waals surface area contributed by atoms with Crippen LogP contribution in [0.3, 0.4) is 0 Å². The molecule has 2 N–H and O–H groups in total. The molecule has 1 aromatic carbocycles. The summed E-state index contributed by atoms with van der Waals surface area (Å²) in [7, 11) is 0. The van der Waals surface area contributed by atoms with Crippen molar-refractivity contribution in [2.24, 2.45) is 0 Å². The molecule has 1 atom stereocenters. The largest absolute Gasteiger partial charge is 0.494 e. The van der Waals surface area contributed by atoms with Gasteiger partial charge in [-0.25, -0.2) is 0 Å². The minimum Gasteiger partial charge on any atom is -0.494 e. The highest BCUT2D eigenvalue weighted by molar-refractivity contribution is 7.16. The molecule has 1 fully saturated rings. The smallest absolute Gasteiger partial charge is 0.291 e. The number of hydrogen-bond acceptors (Lipinski definition) is 4. The van der Waals surface area contributed by atoms with Gasteiger partial charge in [0.15, 0.2) is 5.76 Å². The van der Waals surface area contributed by atoms with Crippen LogP contribution in [0.5, 0.6) is 5.75 Å². The molecule has 158 valence electrons. The van der Waals surface area contributed by atoms with Crippen LogP contribution in [0, 0.1) is 13.8 Å². The summed E-state index contributed by atoms with van der Waals surface area (Å²) in [4.78, 5) is 15.5. The summed E-state index contributed by atoms with van der Waals surface area (Å²) in [6.07, 6.45) is 4.00. The van der Waals surface area contributed by atoms with E-state index in [1.807, 2.05) is 6.92 Å². The number of hydrogen-bond donors (Lipinski definition) is 2. The normalized spacial score (nSPS) is 15.3. The number of benzene rings is 1. The summed E-state index contributed by atoms with van der Waals surface area (Å²) < 4.78 is 10.9. The van der Waals surface area contributed by atoms with Crippen LogP contribution < -0.4 is 15.0 Å². The second kappa shape index (κ2) is 9.06. The van der Waals surface area contributed by atoms with Gasteiger partial charge in [0, 0.05) is 23.3 Å². The average Bonchev–Trinajstić information content (AvgIpc) is 3.49. The molecule has 6 heteroatoms. The number of thiophene rings is 1. The van der Waals surface area contributed by atoms with Gasteiger partial charge in [0.2, 0.25) is 0 Å². The predicted molar refractivity (Wildman–Crippen MR) is 120 cm³/mol. The lowest BCUT2D eigenvalue weighted by molar-refractivity contribution is -0.913. The van der Waals surface area contributed by atoms with Crippen LogP contribution in [0.2, 0.25) is 0 Å². The molecule has 0 saturated carbocycles. The Balaban J connectivity index is 1.74. The standard InChI is InChI=1S/C24H28N2O3S/c1-4-28-19-11-9-18(10-12-19)22(26-13-5-6-14-26)21-16(2)17(3)30-24(21)25-23(27)20-8-7-15-29-20/h7-12,15,22H,4-6,13-14H2,1-3H3,(H,25,27)/p+1/t22-/m1/s1. The van der Waals surface area contributed by atoms with Crippen molar-refractivity contribution in [2.45, 2.75) is 39.7 Å². The number of rotatable bonds is 7. The van der Waals surface area contributed by atoms with Crippen LogP contribution in [0.25, 0.3) is 0 Å². The average molecular weight is 426 g/mol. The Morgan fingerprint density at radius 3 is 2.57 bits per heavy atom. The molecule has 1 saturated heterocycles. The summed E-state index contributed by atoms with van der Waals surface area (Å²) in [6, 6.07) is 12.1. The van der Waals surface area contributed by atoms with E-state index in [0.717, 1.165) is 23.8 Å². The highest BCUT2D eigenvalue weighted by Crippen LogP contribution is 2.39. The van der Waals surface area contributed by atoms with Gasteiger partial charge < -0.3 is 19.4 Å². The van der Waals surface area contributed by atoms with Crippen LogP contribution in [0.15, 0.2) is 47.1 Å². The molecule has 2 aromatic heterocycles. The van der Waals surface area contributed by atoms with Crippen molar-refractivity contribution in [3.8, 4) is 5.75 Å². The predicted octanol–water partition coefficient (Wildman–Crippen LogP) is 4.38. The van der Waals surface area contributed by atoms with E-state index in [2.05, 4.69) is 43.4 Å². The van der Waals surface area contributed by atoms with Gasteiger partial charge in [0.05, 0.1) is 31.5 Å². The molecule has 0 unspecified atom stereocenters. The van der Waals surface area contributed by atoms with Crippen molar-refractivity contribution < 1.29 is 18.8 Å². The van der Waals surface area contributed by atoms with Gasteiger partial charge >= 0.3 is 0 Å². The number of anilines is 1. The first-order valence-electron chi connectivity index (χ1n) is 10.6. The summed E-state index contributed by atoms with van der Waals surface area (Å²) in [5.41, 5.74) is 3.73. The number of carbonyl (C=O) groups is 1. The van der Waals surface area contributed by atoms with Crippen molar-refractivity contribution in [2.75, 3.05) is 25.0 Å². The number of furan rings is 1. The third-order valence-corrected chi connectivity index (χ3v) is 7.01. The molecule has 0 bridgehead atoms. The molecule has 5 nitrogen and oxygen atoms in total. The topological polar surface area (TPSA) is 55.9 Å². The van der Waals surface area contributed by atoms with Crippen molar-refractivity contribution in [1.82, 2.24) is 0 Å². The molecular formula is C24H29N2O3S+. The molecule has 0 aliphatic carbocycles. The van der Waals surface area contributed by atoms with E-state index in [-0.39, 0.29) is 11.9 Å². The molecular weight excluding hydrogens is 396 g/mol. The molecule has 0 radical (unpaired) electrons. The first kappa shape index (κ1) is 20.7. The fourth-order valence-electron chi connectivity index (χ4n) is 4.30. The number of carbonyl (C=O) groups excluding carboxylic acids is 1. The quantitative estimate of drug-likeness (QED) is 0.591. The van der Waals surface area contributed by atoms with E-state index in [4.69, 9.17) is 9.15 Å². The zero-order valence-electron chi connectivity index (χ0n) is 17.8. The number of nitrogens with one attached hydrogen (secondary N) is 2. The molecule has 30 heavy (non-hydrogen) atoms. The van der Waals surface area contributed by atoms with Crippen molar-refractivity contribution in [3.63, 3.8) is 0 Å². The van der Waals surface area contributed by atoms with E-state index in [1.54, 1.807) is 28.4 Å². The van der Waals surface area contributed by atoms with E-state index in [0.29, 0.717) is 12.4 Å². The Bertz CT molecular complexity index is 986. The summed E-state index contributed by atoms with van der Waals surface area (Å²) in [6.45, 7) is 9.22. The SMILES string of the molecule is CCOc1ccc([C@H](c2c(NC(=O)c3ccco3)sc(C)c2C)[NH+]2CCCC2)cc1. The Morgan fingerprint density at radius 2 is 1.93 bits per heavy atom. The van der Waals surface area contributed by atoms with Gasteiger partial charge in [-0.05, 0) is 62.7 Å². The zero-order chi connectivity index (χ0) is 21.1. The zero-order valence-corrected chi connectivity index (χ0v) is 18.6. The van der Waals surface area contributed by atoms with Crippen LogP contribution in [-0.4, -0.2) is 25.6 Å². The molecule has 1 aliphatic rings. The van der Waals surface area contributed by atoms with E-state index in [1.165, 1.54) is 40.7 Å². The van der Waals surface area contributed by atoms with E-state index in [9.17, 15) is 4.79 Å². The number of likely N-dealkylation sites (tertiary alicyclic amines) is 1. The minimum absolute atomic E-state index is 0.181. The Labute approximate surface area is 181 Å². The first-order chi connectivity index (χ1) is 14.6. The van der Waals surface area contributed by atoms with E-state index >= 15 is 0 Å². The number of quaternary nitrogens is 1. The second-order valence-electron chi connectivity index (χ2n) is 7.76. The van der Waals surface area contributed by atoms with Gasteiger partial charge in [0.25, 0.3) is 5.91 Å². The minimum atomic E-state index is -0.204. The number of amides is 1. The highest BCUT2D eigenvalue weighted by Gasteiger charge is 2.34. The summed E-state index contributed by atoms with van der Waals surface area (Å²) in [5, 5.41) is 4.05. The van der Waals surface area contributed by atoms with E-state index < -0.39 is 0 Å². The number of ether oxygens (including phenoxy) is 1. The van der Waals surface area contributed by atoms with Gasteiger partial charge in [0.1, 0.15) is 16.8 Å². The summed E-state index contributed by atoms with van der Waals surface area (Å²) >= 11 is 1.65. The molecule has 3 aromatic rings. The van der Waals surface area contributed by atoms with Gasteiger partial charge in [-0.3, -0.25) is 4.79 Å². The van der Waals surface area contributed by atoms with Crippen molar-refractivity contribution >= 4 is 22.2 Å². The molecule has 4 rings (SSSR count). The molecule has 0 spiro atoms. The van der Waals surface area contributed by atoms with Gasteiger partial charge in [-0.1, -0.05) is 0 Å². The van der Waals surface area contributed by atoms with Gasteiger partial charge in [-0.15, -0.1) is 11.3 Å². The molecule has 3 heterocycles. The Kier molecular flexibility index (Phi) is 6.25. The van der Waals surface area contributed by atoms with Crippen molar-refractivity contribution in [1.29, 1.82) is 0 Å². The lowest BCUT2D eigenvalue weighted by atomic mass is 9.95. The number of aryl methyl sites for hydroxylation is 1. The summed E-state index contributed by atoms with van der Waals surface area (Å²) in [5.74, 6) is 1.01. The first-order valence-corrected chi connectivity index (χ1v) is 11.4. The molecule has 1 amide bonds. The third kappa shape index (κ3) is 4.16. The Morgan fingerprint density at radius 1 is 1.20 bits per heavy atom. The second-order valence-corrected chi connectivity index (χ2v) is 8.98. The molecule has 1 aliphatic heterocycles. The third-order valence-electron chi connectivity index (χ3n) is 5.87. The van der Waals surface area contributed by atoms with Gasteiger partial charge in [-0.2, -0.15) is 0 Å². The maximum Gasteiger partial charge on any atom is 0.291 e. The fraction of sp³-hybridized carbons (Fsp3) is 0.375. The lowest BCUT2D eigenvalue weighted by Crippen LogP contribution is -3.10. The Hall–Kier alpha value is -2.57. The van der Waals surface area contributed by atoms with Crippen LogP contribution >= 0.6 is 11.3 Å². The monoisotopic (exact) mass is 425 g/mol. The van der Waals surface area contributed by atoms with Crippen LogP contribution in [0.1, 0.15) is 57.9 Å². The maximum atomic E-state index is 12.7. The maximum absolute atomic E-state index is 12.7. The lowest BCUT2D eigenvalue weighted by Gasteiger charge is -2.26. The highest BCUT2D eigenvalue weighted by atomic mass is 32.1.